The number of halogens is 1. The summed E-state index contributed by atoms with van der Waals surface area (Å²) in [5.74, 6) is 0.810. The molecule has 0 heterocycles. The molecule has 0 aliphatic rings. The van der Waals surface area contributed by atoms with Gasteiger partial charge in [-0.05, 0) is 72.0 Å². The molecular formula is C28H32ClN3O5S. The fraction of sp³-hybridized carbons (Fsp3) is 0.286. The lowest BCUT2D eigenvalue weighted by Gasteiger charge is -2.21. The highest BCUT2D eigenvalue weighted by molar-refractivity contribution is 7.92. The molecule has 0 atom stereocenters. The number of nitrogens with zero attached hydrogens (tertiary/aromatic N) is 2. The molecule has 0 aliphatic heterocycles. The summed E-state index contributed by atoms with van der Waals surface area (Å²) in [4.78, 5) is 12.5. The Hall–Kier alpha value is -3.56. The van der Waals surface area contributed by atoms with Gasteiger partial charge in [0.25, 0.3) is 5.91 Å². The SMILES string of the molecule is CCOc1cc(/C=N\NC(=O)CN(c2ccc(C(C)C)cc2)S(C)(=O)=O)ccc1OCc1cccc(Cl)c1. The van der Waals surface area contributed by atoms with E-state index in [4.69, 9.17) is 21.1 Å². The first kappa shape index (κ1) is 29.0. The number of nitrogens with one attached hydrogen (secondary N) is 1. The number of sulfonamides is 1. The zero-order chi connectivity index (χ0) is 27.7. The average Bonchev–Trinajstić information content (AvgIpc) is 2.86. The molecule has 0 aliphatic carbocycles. The number of anilines is 1. The van der Waals surface area contributed by atoms with Crippen LogP contribution in [0, 0.1) is 0 Å². The molecule has 0 aromatic heterocycles. The van der Waals surface area contributed by atoms with Crippen molar-refractivity contribution in [2.45, 2.75) is 33.3 Å². The van der Waals surface area contributed by atoms with E-state index < -0.39 is 22.5 Å². The van der Waals surface area contributed by atoms with Crippen molar-refractivity contribution < 1.29 is 22.7 Å². The van der Waals surface area contributed by atoms with Crippen LogP contribution >= 0.6 is 11.6 Å². The highest BCUT2D eigenvalue weighted by atomic mass is 35.5. The second-order valence-electron chi connectivity index (χ2n) is 8.87. The first-order chi connectivity index (χ1) is 18.1. The molecule has 3 aromatic carbocycles. The van der Waals surface area contributed by atoms with Crippen molar-refractivity contribution in [1.82, 2.24) is 5.43 Å². The third-order valence-corrected chi connectivity index (χ3v) is 6.86. The van der Waals surface area contributed by atoms with Gasteiger partial charge in [-0.15, -0.1) is 0 Å². The highest BCUT2D eigenvalue weighted by Gasteiger charge is 2.21. The van der Waals surface area contributed by atoms with E-state index in [-0.39, 0.29) is 0 Å². The molecule has 0 radical (unpaired) electrons. The molecule has 0 spiro atoms. The van der Waals surface area contributed by atoms with Crippen LogP contribution in [0.25, 0.3) is 0 Å². The summed E-state index contributed by atoms with van der Waals surface area (Å²) < 4.78 is 37.4. The maximum absolute atomic E-state index is 12.5. The number of benzene rings is 3. The van der Waals surface area contributed by atoms with Crippen LogP contribution in [0.2, 0.25) is 5.02 Å². The fourth-order valence-corrected chi connectivity index (χ4v) is 4.62. The van der Waals surface area contributed by atoms with E-state index in [0.29, 0.717) is 46.9 Å². The number of hydrazone groups is 1. The Morgan fingerprint density at radius 1 is 1.05 bits per heavy atom. The summed E-state index contributed by atoms with van der Waals surface area (Å²) in [6.45, 7) is 6.32. The summed E-state index contributed by atoms with van der Waals surface area (Å²) >= 11 is 6.04. The van der Waals surface area contributed by atoms with Crippen LogP contribution in [-0.4, -0.2) is 39.9 Å². The van der Waals surface area contributed by atoms with E-state index >= 15 is 0 Å². The van der Waals surface area contributed by atoms with Gasteiger partial charge in [-0.2, -0.15) is 5.10 Å². The second-order valence-corrected chi connectivity index (χ2v) is 11.2. The van der Waals surface area contributed by atoms with Crippen LogP contribution in [0.15, 0.2) is 71.8 Å². The number of hydrogen-bond donors (Lipinski definition) is 1. The van der Waals surface area contributed by atoms with Gasteiger partial charge in [-0.3, -0.25) is 9.10 Å². The molecule has 0 bridgehead atoms. The van der Waals surface area contributed by atoms with Gasteiger partial charge in [0.15, 0.2) is 11.5 Å². The predicted octanol–water partition coefficient (Wildman–Crippen LogP) is 5.36. The van der Waals surface area contributed by atoms with Crippen LogP contribution in [0.3, 0.4) is 0 Å². The first-order valence-corrected chi connectivity index (χ1v) is 14.3. The van der Waals surface area contributed by atoms with E-state index in [2.05, 4.69) is 10.5 Å². The van der Waals surface area contributed by atoms with Crippen LogP contribution in [0.5, 0.6) is 11.5 Å². The van der Waals surface area contributed by atoms with E-state index in [1.54, 1.807) is 36.4 Å². The molecule has 3 aromatic rings. The number of ether oxygens (including phenoxy) is 2. The molecule has 1 amide bonds. The Labute approximate surface area is 229 Å². The van der Waals surface area contributed by atoms with Crippen molar-refractivity contribution in [3.8, 4) is 11.5 Å². The van der Waals surface area contributed by atoms with Gasteiger partial charge >= 0.3 is 0 Å². The van der Waals surface area contributed by atoms with E-state index in [9.17, 15) is 13.2 Å². The Balaban J connectivity index is 1.65. The van der Waals surface area contributed by atoms with Crippen LogP contribution in [0.4, 0.5) is 5.69 Å². The minimum absolute atomic E-state index is 0.306. The van der Waals surface area contributed by atoms with Crippen LogP contribution in [0.1, 0.15) is 43.4 Å². The normalized spacial score (nSPS) is 11.5. The number of rotatable bonds is 12. The van der Waals surface area contributed by atoms with E-state index in [1.165, 1.54) is 6.21 Å². The quantitative estimate of drug-likeness (QED) is 0.239. The third-order valence-electron chi connectivity index (χ3n) is 5.49. The molecule has 38 heavy (non-hydrogen) atoms. The molecule has 1 N–H and O–H groups in total. The van der Waals surface area contributed by atoms with Crippen molar-refractivity contribution >= 4 is 39.4 Å². The summed E-state index contributed by atoms with van der Waals surface area (Å²) in [6, 6.07) is 19.8. The zero-order valence-corrected chi connectivity index (χ0v) is 23.4. The van der Waals surface area contributed by atoms with Gasteiger partial charge in [0.05, 0.1) is 24.8 Å². The Morgan fingerprint density at radius 3 is 2.42 bits per heavy atom. The maximum atomic E-state index is 12.5. The maximum Gasteiger partial charge on any atom is 0.260 e. The lowest BCUT2D eigenvalue weighted by Crippen LogP contribution is -2.39. The number of carbonyl (C=O) groups is 1. The lowest BCUT2D eigenvalue weighted by atomic mass is 10.0. The first-order valence-electron chi connectivity index (χ1n) is 12.1. The molecule has 0 fully saturated rings. The van der Waals surface area contributed by atoms with Gasteiger partial charge in [-0.1, -0.05) is 49.7 Å². The Morgan fingerprint density at radius 2 is 1.79 bits per heavy atom. The summed E-state index contributed by atoms with van der Waals surface area (Å²) in [5.41, 5.74) is 5.46. The monoisotopic (exact) mass is 557 g/mol. The van der Waals surface area contributed by atoms with Crippen LogP contribution in [-0.2, 0) is 21.4 Å². The lowest BCUT2D eigenvalue weighted by molar-refractivity contribution is -0.119. The minimum atomic E-state index is -3.69. The Bertz CT molecular complexity index is 1380. The third kappa shape index (κ3) is 8.49. The standard InChI is InChI=1S/C28H32ClN3O5S/c1-5-36-27-16-21(9-14-26(27)37-19-22-7-6-8-24(29)15-22)17-30-31-28(33)18-32(38(4,34)35)25-12-10-23(11-13-25)20(2)3/h6-17,20H,5,18-19H2,1-4H3,(H,31,33)/b30-17-. The minimum Gasteiger partial charge on any atom is -0.490 e. The number of hydrogen-bond acceptors (Lipinski definition) is 6. The van der Waals surface area contributed by atoms with Crippen molar-refractivity contribution in [1.29, 1.82) is 0 Å². The molecule has 0 saturated carbocycles. The van der Waals surface area contributed by atoms with Gasteiger partial charge in [-0.25, -0.2) is 13.8 Å². The van der Waals surface area contributed by atoms with Gasteiger partial charge in [0.1, 0.15) is 13.2 Å². The summed E-state index contributed by atoms with van der Waals surface area (Å²) in [7, 11) is -3.69. The van der Waals surface area contributed by atoms with Crippen molar-refractivity contribution in [2.75, 3.05) is 23.7 Å². The predicted molar refractivity (Wildman–Crippen MR) is 152 cm³/mol. The highest BCUT2D eigenvalue weighted by Crippen LogP contribution is 2.29. The van der Waals surface area contributed by atoms with Gasteiger partial charge < -0.3 is 9.47 Å². The summed E-state index contributed by atoms with van der Waals surface area (Å²) in [5, 5.41) is 4.62. The average molecular weight is 558 g/mol. The van der Waals surface area contributed by atoms with Crippen molar-refractivity contribution in [2.24, 2.45) is 5.10 Å². The van der Waals surface area contributed by atoms with Crippen molar-refractivity contribution in [3.63, 3.8) is 0 Å². The topological polar surface area (TPSA) is 97.3 Å². The summed E-state index contributed by atoms with van der Waals surface area (Å²) in [6.07, 6.45) is 2.51. The number of amides is 1. The molecule has 0 unspecified atom stereocenters. The largest absolute Gasteiger partial charge is 0.490 e. The van der Waals surface area contributed by atoms with Gasteiger partial charge in [0, 0.05) is 5.02 Å². The van der Waals surface area contributed by atoms with Gasteiger partial charge in [0.2, 0.25) is 10.0 Å². The Kier molecular flexibility index (Phi) is 10.2. The second kappa shape index (κ2) is 13.3. The molecule has 3 rings (SSSR count). The molecular weight excluding hydrogens is 526 g/mol. The van der Waals surface area contributed by atoms with E-state index in [0.717, 1.165) is 21.7 Å². The molecule has 202 valence electrons. The number of carbonyl (C=O) groups excluding carboxylic acids is 1. The van der Waals surface area contributed by atoms with Crippen LogP contribution < -0.4 is 19.2 Å². The molecule has 0 saturated heterocycles. The molecule has 10 heteroatoms. The smallest absolute Gasteiger partial charge is 0.260 e. The zero-order valence-electron chi connectivity index (χ0n) is 21.8. The van der Waals surface area contributed by atoms with Crippen molar-refractivity contribution in [3.05, 3.63) is 88.4 Å². The fourth-order valence-electron chi connectivity index (χ4n) is 3.55. The van der Waals surface area contributed by atoms with E-state index in [1.807, 2.05) is 51.1 Å². The molecule has 8 nitrogen and oxygen atoms in total.